The Kier molecular flexibility index (Phi) is 3.18. The van der Waals surface area contributed by atoms with Crippen LogP contribution in [0.1, 0.15) is 23.1 Å². The molecule has 0 aliphatic rings. The maximum absolute atomic E-state index is 10.9. The van der Waals surface area contributed by atoms with E-state index in [0.29, 0.717) is 11.3 Å². The van der Waals surface area contributed by atoms with E-state index in [1.165, 1.54) is 7.11 Å². The largest absolute Gasteiger partial charge is 0.496 e. The normalized spacial score (nSPS) is 10.2. The van der Waals surface area contributed by atoms with Gasteiger partial charge < -0.3 is 4.74 Å². The maximum atomic E-state index is 10.9. The fourth-order valence-electron chi connectivity index (χ4n) is 1.54. The molecule has 1 heterocycles. The van der Waals surface area contributed by atoms with Gasteiger partial charge in [-0.15, -0.1) is 0 Å². The molecule has 17 heavy (non-hydrogen) atoms. The first-order valence-corrected chi connectivity index (χ1v) is 5.32. The molecule has 0 aliphatic heterocycles. The van der Waals surface area contributed by atoms with E-state index in [-0.39, 0.29) is 0 Å². The summed E-state index contributed by atoms with van der Waals surface area (Å²) in [5.41, 5.74) is 1.29. The summed E-state index contributed by atoms with van der Waals surface area (Å²) in [5, 5.41) is 4.28. The number of hydrogen-bond donors (Lipinski definition) is 0. The number of aromatic nitrogens is 3. The Balaban J connectivity index is 2.42. The lowest BCUT2D eigenvalue weighted by atomic mass is 10.2. The van der Waals surface area contributed by atoms with E-state index in [9.17, 15) is 4.79 Å². The van der Waals surface area contributed by atoms with Crippen molar-refractivity contribution in [3.8, 4) is 11.4 Å². The van der Waals surface area contributed by atoms with Gasteiger partial charge in [-0.2, -0.15) is 5.10 Å². The maximum Gasteiger partial charge on any atom is 0.153 e. The van der Waals surface area contributed by atoms with Crippen LogP contribution in [-0.2, 0) is 6.42 Å². The van der Waals surface area contributed by atoms with E-state index < -0.39 is 0 Å². The first-order chi connectivity index (χ1) is 8.28. The number of benzene rings is 1. The number of nitrogens with zero attached hydrogens (tertiary/aromatic N) is 3. The van der Waals surface area contributed by atoms with E-state index in [0.717, 1.165) is 24.2 Å². The number of carbonyl (C=O) groups excluding carboxylic acids is 1. The SMILES string of the molecule is CCc1ncn(-c2ccc(OC)c(C=O)c2)n1. The van der Waals surface area contributed by atoms with Crippen LogP contribution in [0.5, 0.6) is 5.75 Å². The topological polar surface area (TPSA) is 57.0 Å². The number of ether oxygens (including phenoxy) is 1. The highest BCUT2D eigenvalue weighted by Crippen LogP contribution is 2.19. The zero-order chi connectivity index (χ0) is 12.3. The molecular formula is C12H13N3O2. The van der Waals surface area contributed by atoms with Crippen molar-refractivity contribution in [1.82, 2.24) is 14.8 Å². The number of carbonyl (C=O) groups is 1. The fraction of sp³-hybridized carbons (Fsp3) is 0.250. The summed E-state index contributed by atoms with van der Waals surface area (Å²) in [6.07, 6.45) is 3.18. The van der Waals surface area contributed by atoms with Gasteiger partial charge in [-0.25, -0.2) is 9.67 Å². The minimum Gasteiger partial charge on any atom is -0.496 e. The molecule has 5 nitrogen and oxygen atoms in total. The summed E-state index contributed by atoms with van der Waals surface area (Å²) in [5.74, 6) is 1.33. The molecule has 88 valence electrons. The third-order valence-electron chi connectivity index (χ3n) is 2.46. The molecule has 0 unspecified atom stereocenters. The van der Waals surface area contributed by atoms with E-state index in [2.05, 4.69) is 10.1 Å². The number of aldehydes is 1. The third-order valence-corrected chi connectivity index (χ3v) is 2.46. The first-order valence-electron chi connectivity index (χ1n) is 5.32. The summed E-state index contributed by atoms with van der Waals surface area (Å²) in [6, 6.07) is 5.30. The number of aryl methyl sites for hydroxylation is 1. The number of rotatable bonds is 4. The molecule has 0 bridgehead atoms. The van der Waals surface area contributed by atoms with Crippen molar-refractivity contribution in [3.05, 3.63) is 35.9 Å². The van der Waals surface area contributed by atoms with Crippen LogP contribution in [0, 0.1) is 0 Å². The molecule has 0 N–H and O–H groups in total. The fourth-order valence-corrected chi connectivity index (χ4v) is 1.54. The van der Waals surface area contributed by atoms with Crippen LogP contribution in [0.25, 0.3) is 5.69 Å². The second kappa shape index (κ2) is 4.78. The predicted molar refractivity (Wildman–Crippen MR) is 62.7 cm³/mol. The zero-order valence-corrected chi connectivity index (χ0v) is 9.75. The van der Waals surface area contributed by atoms with E-state index in [1.807, 2.05) is 13.0 Å². The summed E-state index contributed by atoms with van der Waals surface area (Å²) in [6.45, 7) is 1.99. The molecule has 0 saturated heterocycles. The van der Waals surface area contributed by atoms with Gasteiger partial charge in [0.1, 0.15) is 12.1 Å². The molecule has 2 rings (SSSR count). The first kappa shape index (κ1) is 11.3. The van der Waals surface area contributed by atoms with Gasteiger partial charge in [0, 0.05) is 6.42 Å². The van der Waals surface area contributed by atoms with Gasteiger partial charge in [0.15, 0.2) is 12.1 Å². The average molecular weight is 231 g/mol. The van der Waals surface area contributed by atoms with Crippen LogP contribution in [0.15, 0.2) is 24.5 Å². The van der Waals surface area contributed by atoms with Crippen LogP contribution in [0.3, 0.4) is 0 Å². The molecule has 5 heteroatoms. The highest BCUT2D eigenvalue weighted by atomic mass is 16.5. The van der Waals surface area contributed by atoms with Crippen LogP contribution >= 0.6 is 0 Å². The van der Waals surface area contributed by atoms with E-state index >= 15 is 0 Å². The zero-order valence-electron chi connectivity index (χ0n) is 9.75. The molecule has 0 fully saturated rings. The highest BCUT2D eigenvalue weighted by molar-refractivity contribution is 5.80. The summed E-state index contributed by atoms with van der Waals surface area (Å²) >= 11 is 0. The summed E-state index contributed by atoms with van der Waals surface area (Å²) in [7, 11) is 1.53. The summed E-state index contributed by atoms with van der Waals surface area (Å²) in [4.78, 5) is 15.0. The lowest BCUT2D eigenvalue weighted by Gasteiger charge is -2.05. The van der Waals surface area contributed by atoms with Gasteiger partial charge >= 0.3 is 0 Å². The summed E-state index contributed by atoms with van der Waals surface area (Å²) < 4.78 is 6.72. The molecule has 0 aliphatic carbocycles. The quantitative estimate of drug-likeness (QED) is 0.751. The van der Waals surface area contributed by atoms with Crippen molar-refractivity contribution < 1.29 is 9.53 Å². The van der Waals surface area contributed by atoms with Crippen LogP contribution < -0.4 is 4.74 Å². The second-order valence-electron chi connectivity index (χ2n) is 3.50. The van der Waals surface area contributed by atoms with Crippen LogP contribution in [-0.4, -0.2) is 28.2 Å². The van der Waals surface area contributed by atoms with Gasteiger partial charge in [-0.3, -0.25) is 4.79 Å². The van der Waals surface area contributed by atoms with E-state index in [1.54, 1.807) is 23.1 Å². The number of methoxy groups -OCH3 is 1. The Morgan fingerprint density at radius 2 is 2.29 bits per heavy atom. The van der Waals surface area contributed by atoms with Gasteiger partial charge in [0.2, 0.25) is 0 Å². The van der Waals surface area contributed by atoms with Crippen LogP contribution in [0.2, 0.25) is 0 Å². The molecule has 0 radical (unpaired) electrons. The van der Waals surface area contributed by atoms with Crippen LogP contribution in [0.4, 0.5) is 0 Å². The molecule has 1 aromatic carbocycles. The molecular weight excluding hydrogens is 218 g/mol. The van der Waals surface area contributed by atoms with Crippen molar-refractivity contribution in [1.29, 1.82) is 0 Å². The smallest absolute Gasteiger partial charge is 0.153 e. The highest BCUT2D eigenvalue weighted by Gasteiger charge is 2.06. The minimum absolute atomic E-state index is 0.499. The number of hydrogen-bond acceptors (Lipinski definition) is 4. The average Bonchev–Trinajstić information content (AvgIpc) is 2.86. The predicted octanol–water partition coefficient (Wildman–Crippen LogP) is 1.65. The molecule has 1 aromatic heterocycles. The second-order valence-corrected chi connectivity index (χ2v) is 3.50. The Labute approximate surface area is 99.1 Å². The van der Waals surface area contributed by atoms with Gasteiger partial charge in [-0.05, 0) is 18.2 Å². The lowest BCUT2D eigenvalue weighted by Crippen LogP contribution is -1.98. The van der Waals surface area contributed by atoms with Crippen molar-refractivity contribution in [2.75, 3.05) is 7.11 Å². The van der Waals surface area contributed by atoms with Gasteiger partial charge in [0.05, 0.1) is 18.4 Å². The Morgan fingerprint density at radius 1 is 1.47 bits per heavy atom. The monoisotopic (exact) mass is 231 g/mol. The van der Waals surface area contributed by atoms with Crippen molar-refractivity contribution in [2.24, 2.45) is 0 Å². The van der Waals surface area contributed by atoms with Crippen molar-refractivity contribution in [2.45, 2.75) is 13.3 Å². The Bertz CT molecular complexity index is 534. The van der Waals surface area contributed by atoms with E-state index in [4.69, 9.17) is 4.74 Å². The Hall–Kier alpha value is -2.17. The molecule has 0 spiro atoms. The molecule has 0 amide bonds. The standard InChI is InChI=1S/C12H13N3O2/c1-3-12-13-8-15(14-12)10-4-5-11(17-2)9(6-10)7-16/h4-8H,3H2,1-2H3. The Morgan fingerprint density at radius 3 is 2.88 bits per heavy atom. The van der Waals surface area contributed by atoms with Crippen molar-refractivity contribution in [3.63, 3.8) is 0 Å². The van der Waals surface area contributed by atoms with Crippen molar-refractivity contribution >= 4 is 6.29 Å². The van der Waals surface area contributed by atoms with Gasteiger partial charge in [0.25, 0.3) is 0 Å². The molecule has 0 atom stereocenters. The molecule has 2 aromatic rings. The van der Waals surface area contributed by atoms with Gasteiger partial charge in [-0.1, -0.05) is 6.92 Å². The molecule has 0 saturated carbocycles. The lowest BCUT2D eigenvalue weighted by molar-refractivity contribution is 0.112. The minimum atomic E-state index is 0.499. The third kappa shape index (κ3) is 2.18.